The van der Waals surface area contributed by atoms with Gasteiger partial charge in [0.1, 0.15) is 5.75 Å². The third-order valence-corrected chi connectivity index (χ3v) is 8.42. The number of phenolic OH excluding ortho intramolecular Hbond substituents is 1. The Kier molecular flexibility index (Phi) is 5.65. The number of fused-ring (bicyclic) bond motifs is 3. The molecule has 0 radical (unpaired) electrons. The molecule has 9 nitrogen and oxygen atoms in total. The summed E-state index contributed by atoms with van der Waals surface area (Å²) in [6, 6.07) is 9.69. The van der Waals surface area contributed by atoms with Gasteiger partial charge >= 0.3 is 0 Å². The second-order valence-corrected chi connectivity index (χ2v) is 10.7. The van der Waals surface area contributed by atoms with E-state index in [9.17, 15) is 34.4 Å². The highest BCUT2D eigenvalue weighted by Crippen LogP contribution is 2.56. The van der Waals surface area contributed by atoms with Crippen molar-refractivity contribution < 1.29 is 29.2 Å². The molecule has 4 aliphatic rings. The molecule has 10 heteroatoms. The van der Waals surface area contributed by atoms with Crippen LogP contribution in [-0.4, -0.2) is 33.4 Å². The number of nitro benzene ring substituents is 1. The molecule has 2 aromatic rings. The van der Waals surface area contributed by atoms with Gasteiger partial charge in [-0.3, -0.25) is 34.2 Å². The number of amides is 2. The zero-order chi connectivity index (χ0) is 27.7. The topological polar surface area (TPSA) is 135 Å². The first-order valence-corrected chi connectivity index (χ1v) is 12.8. The van der Waals surface area contributed by atoms with Crippen molar-refractivity contribution in [3.05, 3.63) is 97.6 Å². The van der Waals surface area contributed by atoms with Crippen molar-refractivity contribution in [2.45, 2.75) is 25.7 Å². The summed E-state index contributed by atoms with van der Waals surface area (Å²) in [5, 5.41) is 22.2. The number of hydrogen-bond donors (Lipinski definition) is 1. The summed E-state index contributed by atoms with van der Waals surface area (Å²) < 4.78 is 0. The molecule has 1 heterocycles. The number of non-ortho nitro benzene ring substituents is 1. The van der Waals surface area contributed by atoms with Gasteiger partial charge in [-0.05, 0) is 62.1 Å². The van der Waals surface area contributed by atoms with Gasteiger partial charge in [0.05, 0.1) is 22.4 Å². The molecule has 1 N–H and O–H groups in total. The number of phenols is 1. The summed E-state index contributed by atoms with van der Waals surface area (Å²) in [5.41, 5.74) is 1.92. The van der Waals surface area contributed by atoms with Gasteiger partial charge in [-0.1, -0.05) is 23.3 Å². The number of aromatic hydroxyl groups is 1. The summed E-state index contributed by atoms with van der Waals surface area (Å²) in [5.74, 6) is -4.51. The lowest BCUT2D eigenvalue weighted by Crippen LogP contribution is -2.39. The second kappa shape index (κ2) is 8.84. The van der Waals surface area contributed by atoms with Gasteiger partial charge in [0.15, 0.2) is 11.6 Å². The van der Waals surface area contributed by atoms with E-state index in [0.717, 1.165) is 4.90 Å². The molecule has 196 valence electrons. The number of Topliss-reactive ketones (excluding diaryl/α,β-unsaturated/α-hetero) is 1. The Morgan fingerprint density at radius 2 is 1.74 bits per heavy atom. The van der Waals surface area contributed by atoms with Crippen molar-refractivity contribution in [2.75, 3.05) is 4.90 Å². The standard InChI is InChI=1S/C29H21ClN2O7/c1-13-10-23(34)26-21(27(13)35)12-19-17(24(26)20-11-14(30)2-9-22(20)33)7-8-18-25(19)29(37)31(28(18)36)15-3-5-16(6-4-15)32(38)39/h2-7,9-11,18-19,24-25,33H,8,12H2,1H3. The Morgan fingerprint density at radius 3 is 2.44 bits per heavy atom. The number of nitrogens with zero attached hydrogens (tertiary/aromatic N) is 2. The first-order chi connectivity index (χ1) is 18.6. The number of benzene rings is 2. The van der Waals surface area contributed by atoms with Gasteiger partial charge in [-0.2, -0.15) is 0 Å². The molecule has 0 aromatic heterocycles. The van der Waals surface area contributed by atoms with Crippen LogP contribution in [0.2, 0.25) is 5.02 Å². The molecule has 0 saturated carbocycles. The SMILES string of the molecule is CC1=CC(=O)C2=C(CC3C(=CCC4C(=O)N(c5ccc([N+](=O)[O-])cc5)C(=O)C43)C2c2cc(Cl)ccc2O)C1=O. The number of imide groups is 1. The number of carbonyl (C=O) groups excluding carboxylic acids is 4. The molecule has 6 rings (SSSR count). The van der Waals surface area contributed by atoms with Crippen LogP contribution in [0.15, 0.2) is 76.9 Å². The fraction of sp³-hybridized carbons (Fsp3) is 0.241. The minimum Gasteiger partial charge on any atom is -0.508 e. The number of anilines is 1. The van der Waals surface area contributed by atoms with Crippen molar-refractivity contribution in [3.8, 4) is 5.75 Å². The maximum atomic E-state index is 13.9. The van der Waals surface area contributed by atoms with E-state index in [1.165, 1.54) is 42.5 Å². The lowest BCUT2D eigenvalue weighted by Gasteiger charge is -2.42. The van der Waals surface area contributed by atoms with Crippen LogP contribution in [0.5, 0.6) is 5.75 Å². The Hall–Kier alpha value is -4.37. The number of hydrogen-bond acceptors (Lipinski definition) is 7. The third-order valence-electron chi connectivity index (χ3n) is 8.18. The molecule has 1 aliphatic heterocycles. The molecule has 4 unspecified atom stereocenters. The molecular weight excluding hydrogens is 524 g/mol. The molecule has 1 fully saturated rings. The van der Waals surface area contributed by atoms with Crippen LogP contribution >= 0.6 is 11.6 Å². The lowest BCUT2D eigenvalue weighted by atomic mass is 9.59. The zero-order valence-corrected chi connectivity index (χ0v) is 21.3. The molecule has 39 heavy (non-hydrogen) atoms. The van der Waals surface area contributed by atoms with Crippen molar-refractivity contribution in [1.29, 1.82) is 0 Å². The third kappa shape index (κ3) is 3.68. The zero-order valence-electron chi connectivity index (χ0n) is 20.6. The molecule has 2 aromatic carbocycles. The minimum absolute atomic E-state index is 0.100. The van der Waals surface area contributed by atoms with Gasteiger partial charge in [0.2, 0.25) is 11.8 Å². The van der Waals surface area contributed by atoms with Gasteiger partial charge in [0, 0.05) is 45.4 Å². The van der Waals surface area contributed by atoms with Crippen molar-refractivity contribution >= 4 is 46.4 Å². The number of halogens is 1. The predicted molar refractivity (Wildman–Crippen MR) is 140 cm³/mol. The molecule has 0 spiro atoms. The first kappa shape index (κ1) is 24.9. The molecule has 1 saturated heterocycles. The molecule has 0 bridgehead atoms. The number of nitro groups is 1. The highest BCUT2D eigenvalue weighted by Gasteiger charge is 2.56. The summed E-state index contributed by atoms with van der Waals surface area (Å²) in [4.78, 5) is 65.5. The lowest BCUT2D eigenvalue weighted by molar-refractivity contribution is -0.384. The van der Waals surface area contributed by atoms with E-state index in [4.69, 9.17) is 11.6 Å². The van der Waals surface area contributed by atoms with Gasteiger partial charge < -0.3 is 5.11 Å². The average Bonchev–Trinajstić information content (AvgIpc) is 3.17. The summed E-state index contributed by atoms with van der Waals surface area (Å²) in [7, 11) is 0. The monoisotopic (exact) mass is 544 g/mol. The maximum Gasteiger partial charge on any atom is 0.269 e. The van der Waals surface area contributed by atoms with Crippen LogP contribution in [0.25, 0.3) is 0 Å². The highest BCUT2D eigenvalue weighted by atomic mass is 35.5. The number of allylic oxidation sites excluding steroid dienone is 6. The Morgan fingerprint density at radius 1 is 1.03 bits per heavy atom. The van der Waals surface area contributed by atoms with Crippen LogP contribution in [0.3, 0.4) is 0 Å². The predicted octanol–water partition coefficient (Wildman–Crippen LogP) is 4.59. The molecule has 4 atom stereocenters. The van der Waals surface area contributed by atoms with Crippen LogP contribution in [0, 0.1) is 27.9 Å². The number of carbonyl (C=O) groups is 4. The normalized spacial score (nSPS) is 26.2. The van der Waals surface area contributed by atoms with E-state index in [1.54, 1.807) is 13.0 Å². The maximum absolute atomic E-state index is 13.9. The molecule has 2 amide bonds. The van der Waals surface area contributed by atoms with Crippen LogP contribution in [0.1, 0.15) is 31.2 Å². The van der Waals surface area contributed by atoms with Crippen LogP contribution in [0.4, 0.5) is 11.4 Å². The fourth-order valence-electron chi connectivity index (χ4n) is 6.47. The van der Waals surface area contributed by atoms with Gasteiger partial charge in [-0.15, -0.1) is 0 Å². The Labute approximate surface area is 227 Å². The largest absolute Gasteiger partial charge is 0.508 e. The summed E-state index contributed by atoms with van der Waals surface area (Å²) >= 11 is 6.27. The smallest absolute Gasteiger partial charge is 0.269 e. The van der Waals surface area contributed by atoms with E-state index in [0.29, 0.717) is 16.2 Å². The second-order valence-electron chi connectivity index (χ2n) is 10.2. The molecule has 3 aliphatic carbocycles. The summed E-state index contributed by atoms with van der Waals surface area (Å²) in [6.45, 7) is 1.56. The van der Waals surface area contributed by atoms with E-state index < -0.39 is 40.4 Å². The first-order valence-electron chi connectivity index (χ1n) is 12.4. The van der Waals surface area contributed by atoms with Crippen molar-refractivity contribution in [1.82, 2.24) is 0 Å². The van der Waals surface area contributed by atoms with Crippen LogP contribution in [-0.2, 0) is 19.2 Å². The Balaban J connectivity index is 1.47. The Bertz CT molecular complexity index is 1620. The average molecular weight is 545 g/mol. The van der Waals surface area contributed by atoms with E-state index >= 15 is 0 Å². The minimum atomic E-state index is -0.810. The van der Waals surface area contributed by atoms with Crippen molar-refractivity contribution in [3.63, 3.8) is 0 Å². The van der Waals surface area contributed by atoms with Crippen molar-refractivity contribution in [2.24, 2.45) is 17.8 Å². The number of ketones is 2. The summed E-state index contributed by atoms with van der Waals surface area (Å²) in [6.07, 6.45) is 3.46. The molecular formula is C29H21ClN2O7. The highest BCUT2D eigenvalue weighted by molar-refractivity contribution is 6.30. The van der Waals surface area contributed by atoms with Crippen LogP contribution < -0.4 is 4.90 Å². The quantitative estimate of drug-likeness (QED) is 0.196. The fourth-order valence-corrected chi connectivity index (χ4v) is 6.65. The van der Waals surface area contributed by atoms with E-state index in [1.807, 2.05) is 6.08 Å². The van der Waals surface area contributed by atoms with E-state index in [2.05, 4.69) is 0 Å². The van der Waals surface area contributed by atoms with Gasteiger partial charge in [0.25, 0.3) is 5.69 Å². The van der Waals surface area contributed by atoms with E-state index in [-0.39, 0.29) is 58.3 Å². The van der Waals surface area contributed by atoms with Gasteiger partial charge in [-0.25, -0.2) is 0 Å². The number of rotatable bonds is 3.